The van der Waals surface area contributed by atoms with E-state index in [1.807, 2.05) is 24.3 Å². The lowest BCUT2D eigenvalue weighted by molar-refractivity contribution is -0.140. The highest BCUT2D eigenvalue weighted by Crippen LogP contribution is 2.29. The number of hydrogen-bond donors (Lipinski definition) is 2. The molecule has 0 saturated carbocycles. The molecule has 0 radical (unpaired) electrons. The van der Waals surface area contributed by atoms with Crippen LogP contribution in [0.25, 0.3) is 0 Å². The van der Waals surface area contributed by atoms with Gasteiger partial charge in [0.15, 0.2) is 0 Å². The van der Waals surface area contributed by atoms with Crippen LogP contribution in [0.1, 0.15) is 19.4 Å². The second-order valence-electron chi connectivity index (χ2n) is 5.47. The molecular weight excluding hydrogens is 256 g/mol. The number of aliphatic carboxylic acids is 1. The van der Waals surface area contributed by atoms with Crippen LogP contribution in [-0.4, -0.2) is 30.2 Å². The molecular formula is C15H20N2O3. The molecule has 1 aromatic rings. The van der Waals surface area contributed by atoms with E-state index in [0.29, 0.717) is 12.5 Å². The zero-order valence-electron chi connectivity index (χ0n) is 11.8. The molecule has 2 rings (SSSR count). The number of carbonyl (C=O) groups excluding carboxylic acids is 1. The minimum Gasteiger partial charge on any atom is -0.481 e. The lowest BCUT2D eigenvalue weighted by Gasteiger charge is -2.33. The largest absolute Gasteiger partial charge is 0.481 e. The molecule has 2 unspecified atom stereocenters. The van der Waals surface area contributed by atoms with Gasteiger partial charge in [-0.3, -0.25) is 9.69 Å². The number of fused-ring (bicyclic) bond motifs is 1. The number of carbonyl (C=O) groups is 2. The molecule has 20 heavy (non-hydrogen) atoms. The zero-order chi connectivity index (χ0) is 14.7. The van der Waals surface area contributed by atoms with Crippen molar-refractivity contribution in [3.8, 4) is 0 Å². The van der Waals surface area contributed by atoms with E-state index in [4.69, 9.17) is 5.11 Å². The molecule has 0 fully saturated rings. The van der Waals surface area contributed by atoms with Gasteiger partial charge in [0, 0.05) is 18.8 Å². The molecule has 2 amide bonds. The van der Waals surface area contributed by atoms with Crippen LogP contribution in [0.4, 0.5) is 10.5 Å². The Morgan fingerprint density at radius 1 is 1.45 bits per heavy atom. The molecule has 5 heteroatoms. The maximum absolute atomic E-state index is 12.3. The van der Waals surface area contributed by atoms with Crippen molar-refractivity contribution in [1.82, 2.24) is 5.32 Å². The van der Waals surface area contributed by atoms with Gasteiger partial charge in [-0.2, -0.15) is 0 Å². The number of carboxylic acids is 1. The van der Waals surface area contributed by atoms with Gasteiger partial charge in [0.1, 0.15) is 0 Å². The first-order valence-electron chi connectivity index (χ1n) is 6.85. The molecule has 0 aliphatic carbocycles. The lowest BCUT2D eigenvalue weighted by atomic mass is 9.94. The number of rotatable bonds is 3. The Kier molecular flexibility index (Phi) is 4.27. The van der Waals surface area contributed by atoms with Gasteiger partial charge in [0.05, 0.1) is 5.92 Å². The first-order chi connectivity index (χ1) is 9.49. The number of hydrogen-bond acceptors (Lipinski definition) is 2. The summed E-state index contributed by atoms with van der Waals surface area (Å²) < 4.78 is 0. The van der Waals surface area contributed by atoms with Crippen molar-refractivity contribution < 1.29 is 14.7 Å². The minimum absolute atomic E-state index is 0.140. The maximum atomic E-state index is 12.3. The topological polar surface area (TPSA) is 69.6 Å². The third-order valence-electron chi connectivity index (χ3n) is 3.57. The Bertz CT molecular complexity index is 516. The van der Waals surface area contributed by atoms with Gasteiger partial charge in [-0.15, -0.1) is 0 Å². The van der Waals surface area contributed by atoms with Crippen molar-refractivity contribution in [2.75, 3.05) is 18.0 Å². The predicted molar refractivity (Wildman–Crippen MR) is 76.9 cm³/mol. The normalized spacial score (nSPS) is 19.1. The highest BCUT2D eigenvalue weighted by molar-refractivity contribution is 5.93. The van der Waals surface area contributed by atoms with Crippen LogP contribution >= 0.6 is 0 Å². The molecule has 1 heterocycles. The van der Waals surface area contributed by atoms with Crippen molar-refractivity contribution in [2.24, 2.45) is 11.8 Å². The Morgan fingerprint density at radius 3 is 2.85 bits per heavy atom. The summed E-state index contributed by atoms with van der Waals surface area (Å²) in [5.74, 6) is -1.10. The summed E-state index contributed by atoms with van der Waals surface area (Å²) in [6, 6.07) is 7.62. The smallest absolute Gasteiger partial charge is 0.321 e. The number of para-hydroxylation sites is 1. The predicted octanol–water partition coefficient (Wildman–Crippen LogP) is 2.12. The first kappa shape index (κ1) is 14.4. The molecule has 0 aromatic heterocycles. The highest BCUT2D eigenvalue weighted by atomic mass is 16.4. The molecule has 1 aliphatic rings. The SMILES string of the molecule is CC1Cc2ccccc2N(C(=O)NCC(C)C(=O)O)C1. The van der Waals surface area contributed by atoms with E-state index in [1.54, 1.807) is 11.8 Å². The number of carboxylic acid groups (broad SMARTS) is 1. The lowest BCUT2D eigenvalue weighted by Crippen LogP contribution is -2.46. The second-order valence-corrected chi connectivity index (χ2v) is 5.47. The zero-order valence-corrected chi connectivity index (χ0v) is 11.8. The molecule has 0 saturated heterocycles. The number of anilines is 1. The number of nitrogens with zero attached hydrogens (tertiary/aromatic N) is 1. The van der Waals surface area contributed by atoms with Gasteiger partial charge < -0.3 is 10.4 Å². The van der Waals surface area contributed by atoms with Crippen LogP contribution in [0.5, 0.6) is 0 Å². The van der Waals surface area contributed by atoms with Crippen LogP contribution < -0.4 is 10.2 Å². The van der Waals surface area contributed by atoms with E-state index in [-0.39, 0.29) is 12.6 Å². The van der Waals surface area contributed by atoms with Crippen LogP contribution in [0.2, 0.25) is 0 Å². The fraction of sp³-hybridized carbons (Fsp3) is 0.467. The van der Waals surface area contributed by atoms with Crippen molar-refractivity contribution >= 4 is 17.7 Å². The van der Waals surface area contributed by atoms with Gasteiger partial charge in [-0.1, -0.05) is 32.0 Å². The molecule has 108 valence electrons. The summed E-state index contributed by atoms with van der Waals surface area (Å²) in [6.45, 7) is 4.48. The van der Waals surface area contributed by atoms with Gasteiger partial charge in [0.25, 0.3) is 0 Å². The summed E-state index contributed by atoms with van der Waals surface area (Å²) in [6.07, 6.45) is 0.964. The van der Waals surface area contributed by atoms with Gasteiger partial charge in [0.2, 0.25) is 0 Å². The van der Waals surface area contributed by atoms with E-state index < -0.39 is 11.9 Å². The molecule has 0 spiro atoms. The number of nitrogens with one attached hydrogen (secondary N) is 1. The molecule has 2 N–H and O–H groups in total. The molecule has 2 atom stereocenters. The molecule has 5 nitrogen and oxygen atoms in total. The Hall–Kier alpha value is -2.04. The minimum atomic E-state index is -0.905. The first-order valence-corrected chi connectivity index (χ1v) is 6.85. The fourth-order valence-corrected chi connectivity index (χ4v) is 2.41. The average molecular weight is 276 g/mol. The standard InChI is InChI=1S/C15H20N2O3/c1-10-7-12-5-3-4-6-13(12)17(9-10)15(20)16-8-11(2)14(18)19/h3-6,10-11H,7-9H2,1-2H3,(H,16,20)(H,18,19). The third-order valence-corrected chi connectivity index (χ3v) is 3.57. The monoisotopic (exact) mass is 276 g/mol. The van der Waals surface area contributed by atoms with Crippen molar-refractivity contribution in [3.05, 3.63) is 29.8 Å². The van der Waals surface area contributed by atoms with E-state index in [9.17, 15) is 9.59 Å². The number of amides is 2. The third kappa shape index (κ3) is 3.10. The summed E-state index contributed by atoms with van der Waals surface area (Å²) in [5, 5.41) is 11.5. The van der Waals surface area contributed by atoms with E-state index in [2.05, 4.69) is 12.2 Å². The summed E-state index contributed by atoms with van der Waals surface area (Å²) in [5.41, 5.74) is 2.08. The van der Waals surface area contributed by atoms with Crippen molar-refractivity contribution in [1.29, 1.82) is 0 Å². The highest BCUT2D eigenvalue weighted by Gasteiger charge is 2.26. The maximum Gasteiger partial charge on any atom is 0.321 e. The summed E-state index contributed by atoms with van der Waals surface area (Å²) in [7, 11) is 0. The summed E-state index contributed by atoms with van der Waals surface area (Å²) in [4.78, 5) is 24.7. The van der Waals surface area contributed by atoms with E-state index in [0.717, 1.165) is 17.7 Å². The summed E-state index contributed by atoms with van der Waals surface area (Å²) >= 11 is 0. The fourth-order valence-electron chi connectivity index (χ4n) is 2.41. The van der Waals surface area contributed by atoms with Crippen LogP contribution in [0.15, 0.2) is 24.3 Å². The average Bonchev–Trinajstić information content (AvgIpc) is 2.43. The van der Waals surface area contributed by atoms with Gasteiger partial charge in [-0.25, -0.2) is 4.79 Å². The molecule has 1 aliphatic heterocycles. The van der Waals surface area contributed by atoms with Crippen LogP contribution in [0, 0.1) is 11.8 Å². The quantitative estimate of drug-likeness (QED) is 0.888. The van der Waals surface area contributed by atoms with E-state index in [1.165, 1.54) is 0 Å². The van der Waals surface area contributed by atoms with Crippen molar-refractivity contribution in [3.63, 3.8) is 0 Å². The van der Waals surface area contributed by atoms with Gasteiger partial charge >= 0.3 is 12.0 Å². The Balaban J connectivity index is 2.08. The molecule has 1 aromatic carbocycles. The van der Waals surface area contributed by atoms with Crippen LogP contribution in [-0.2, 0) is 11.2 Å². The Morgan fingerprint density at radius 2 is 2.15 bits per heavy atom. The second kappa shape index (κ2) is 5.94. The van der Waals surface area contributed by atoms with Gasteiger partial charge in [-0.05, 0) is 24.0 Å². The van der Waals surface area contributed by atoms with Crippen molar-refractivity contribution in [2.45, 2.75) is 20.3 Å². The number of urea groups is 1. The number of benzene rings is 1. The Labute approximate surface area is 118 Å². The molecule has 0 bridgehead atoms. The van der Waals surface area contributed by atoms with Crippen LogP contribution in [0.3, 0.4) is 0 Å². The van der Waals surface area contributed by atoms with E-state index >= 15 is 0 Å².